The third-order valence-corrected chi connectivity index (χ3v) is 4.23. The second-order valence-electron chi connectivity index (χ2n) is 5.88. The van der Waals surface area contributed by atoms with Gasteiger partial charge in [-0.05, 0) is 31.8 Å². The van der Waals surface area contributed by atoms with Crippen LogP contribution >= 0.6 is 0 Å². The zero-order valence-electron chi connectivity index (χ0n) is 12.8. The number of aromatic nitrogens is 2. The maximum Gasteiger partial charge on any atom is 0.288 e. The maximum atomic E-state index is 12.5. The highest BCUT2D eigenvalue weighted by Gasteiger charge is 2.33. The lowest BCUT2D eigenvalue weighted by Crippen LogP contribution is -2.38. The van der Waals surface area contributed by atoms with E-state index in [0.29, 0.717) is 30.9 Å². The van der Waals surface area contributed by atoms with E-state index in [-0.39, 0.29) is 17.7 Å². The highest BCUT2D eigenvalue weighted by molar-refractivity contribution is 5.97. The Morgan fingerprint density at radius 2 is 2.27 bits per heavy atom. The topological polar surface area (TPSA) is 64.4 Å². The summed E-state index contributed by atoms with van der Waals surface area (Å²) in [6.07, 6.45) is 9.16. The van der Waals surface area contributed by atoms with Gasteiger partial charge in [0.25, 0.3) is 5.91 Å². The highest BCUT2D eigenvalue weighted by Crippen LogP contribution is 2.25. The fraction of sp³-hybridized carbons (Fsp3) is 0.562. The second kappa shape index (κ2) is 6.34. The van der Waals surface area contributed by atoms with Crippen molar-refractivity contribution < 1.29 is 14.3 Å². The summed E-state index contributed by atoms with van der Waals surface area (Å²) in [4.78, 5) is 26.7. The van der Waals surface area contributed by atoms with E-state index >= 15 is 0 Å². The number of amides is 1. The molecule has 22 heavy (non-hydrogen) atoms. The normalized spacial score (nSPS) is 21.4. The van der Waals surface area contributed by atoms with Crippen LogP contribution in [0.4, 0.5) is 0 Å². The number of carbonyl (C=O) groups is 2. The molecule has 0 aromatic carbocycles. The zero-order valence-corrected chi connectivity index (χ0v) is 12.8. The minimum absolute atomic E-state index is 0.0355. The minimum Gasteiger partial charge on any atom is -0.488 e. The van der Waals surface area contributed by atoms with Gasteiger partial charge in [0, 0.05) is 32.3 Å². The van der Waals surface area contributed by atoms with E-state index in [9.17, 15) is 9.59 Å². The Labute approximate surface area is 129 Å². The number of aryl methyl sites for hydroxylation is 1. The molecule has 118 valence electrons. The number of Topliss-reactive ketones (excluding diaryl/α,β-unsaturated/α-hetero) is 1. The largest absolute Gasteiger partial charge is 0.488 e. The molecular weight excluding hydrogens is 282 g/mol. The van der Waals surface area contributed by atoms with Crippen molar-refractivity contribution in [1.82, 2.24) is 14.7 Å². The standard InChI is InChI=1S/C16H21N3O3/c1-18-11-12(10-17-18)14(20)9-13-5-4-7-19(13)16(21)15-6-2-3-8-22-15/h6,10-11,13H,2-5,7-9H2,1H3/t13-/m1/s1. The van der Waals surface area contributed by atoms with Gasteiger partial charge < -0.3 is 9.64 Å². The smallest absolute Gasteiger partial charge is 0.288 e. The molecule has 6 nitrogen and oxygen atoms in total. The molecule has 0 bridgehead atoms. The summed E-state index contributed by atoms with van der Waals surface area (Å²) < 4.78 is 7.08. The number of hydrogen-bond donors (Lipinski definition) is 0. The number of allylic oxidation sites excluding steroid dienone is 1. The quantitative estimate of drug-likeness (QED) is 0.794. The molecule has 0 spiro atoms. The summed E-state index contributed by atoms with van der Waals surface area (Å²) in [5.74, 6) is 0.421. The molecule has 1 atom stereocenters. The molecule has 2 aliphatic heterocycles. The summed E-state index contributed by atoms with van der Waals surface area (Å²) in [5.41, 5.74) is 0.606. The third-order valence-electron chi connectivity index (χ3n) is 4.23. The number of likely N-dealkylation sites (tertiary alicyclic amines) is 1. The summed E-state index contributed by atoms with van der Waals surface area (Å²) >= 11 is 0. The molecule has 1 aromatic rings. The summed E-state index contributed by atoms with van der Waals surface area (Å²) in [6.45, 7) is 1.30. The van der Waals surface area contributed by atoms with Gasteiger partial charge in [-0.25, -0.2) is 0 Å². The van der Waals surface area contributed by atoms with E-state index in [4.69, 9.17) is 4.74 Å². The van der Waals surface area contributed by atoms with Gasteiger partial charge in [-0.1, -0.05) is 0 Å². The van der Waals surface area contributed by atoms with Crippen molar-refractivity contribution >= 4 is 11.7 Å². The summed E-state index contributed by atoms with van der Waals surface area (Å²) in [5, 5.41) is 4.03. The lowest BCUT2D eigenvalue weighted by Gasteiger charge is -2.26. The van der Waals surface area contributed by atoms with Crippen molar-refractivity contribution in [3.63, 3.8) is 0 Å². The first-order valence-electron chi connectivity index (χ1n) is 7.81. The molecule has 0 radical (unpaired) electrons. The molecule has 1 saturated heterocycles. The fourth-order valence-corrected chi connectivity index (χ4v) is 3.06. The van der Waals surface area contributed by atoms with Gasteiger partial charge in [0.15, 0.2) is 11.5 Å². The summed E-state index contributed by atoms with van der Waals surface area (Å²) in [7, 11) is 1.79. The van der Waals surface area contributed by atoms with Crippen LogP contribution in [0.25, 0.3) is 0 Å². The van der Waals surface area contributed by atoms with Crippen molar-refractivity contribution in [2.24, 2.45) is 7.05 Å². The molecule has 6 heteroatoms. The molecule has 0 aliphatic carbocycles. The van der Waals surface area contributed by atoms with Gasteiger partial charge in [-0.15, -0.1) is 0 Å². The molecule has 3 rings (SSSR count). The average Bonchev–Trinajstić information content (AvgIpc) is 3.16. The van der Waals surface area contributed by atoms with Gasteiger partial charge in [0.2, 0.25) is 0 Å². The Bertz CT molecular complexity index is 606. The first-order valence-corrected chi connectivity index (χ1v) is 7.81. The van der Waals surface area contributed by atoms with Crippen LogP contribution in [0.2, 0.25) is 0 Å². The van der Waals surface area contributed by atoms with Gasteiger partial charge >= 0.3 is 0 Å². The van der Waals surface area contributed by atoms with Gasteiger partial charge in [-0.2, -0.15) is 5.10 Å². The third kappa shape index (κ3) is 3.05. The Morgan fingerprint density at radius 3 is 2.95 bits per heavy atom. The van der Waals surface area contributed by atoms with Crippen LogP contribution in [0.3, 0.4) is 0 Å². The van der Waals surface area contributed by atoms with Crippen LogP contribution in [0.5, 0.6) is 0 Å². The Hall–Kier alpha value is -2.11. The zero-order chi connectivity index (χ0) is 15.5. The molecule has 0 saturated carbocycles. The molecule has 1 amide bonds. The molecule has 0 N–H and O–H groups in total. The number of ketones is 1. The Morgan fingerprint density at radius 1 is 1.41 bits per heavy atom. The van der Waals surface area contributed by atoms with Gasteiger partial charge in [0.1, 0.15) is 0 Å². The minimum atomic E-state index is -0.0683. The van der Waals surface area contributed by atoms with Crippen LogP contribution in [0.15, 0.2) is 24.2 Å². The van der Waals surface area contributed by atoms with E-state index in [1.807, 2.05) is 6.08 Å². The highest BCUT2D eigenvalue weighted by atomic mass is 16.5. The predicted octanol–water partition coefficient (Wildman–Crippen LogP) is 1.68. The second-order valence-corrected chi connectivity index (χ2v) is 5.88. The van der Waals surface area contributed by atoms with E-state index < -0.39 is 0 Å². The fourth-order valence-electron chi connectivity index (χ4n) is 3.06. The molecular formula is C16H21N3O3. The van der Waals surface area contributed by atoms with Crippen molar-refractivity contribution in [2.75, 3.05) is 13.2 Å². The molecule has 2 aliphatic rings. The van der Waals surface area contributed by atoms with Gasteiger partial charge in [0.05, 0.1) is 18.4 Å². The van der Waals surface area contributed by atoms with E-state index in [1.54, 1.807) is 29.0 Å². The van der Waals surface area contributed by atoms with Crippen LogP contribution < -0.4 is 0 Å². The van der Waals surface area contributed by atoms with Gasteiger partial charge in [-0.3, -0.25) is 14.3 Å². The van der Waals surface area contributed by atoms with Crippen molar-refractivity contribution in [2.45, 2.75) is 38.1 Å². The van der Waals surface area contributed by atoms with Crippen LogP contribution in [0, 0.1) is 0 Å². The van der Waals surface area contributed by atoms with E-state index in [0.717, 1.165) is 25.7 Å². The number of carbonyl (C=O) groups excluding carboxylic acids is 2. The first-order chi connectivity index (χ1) is 10.6. The van der Waals surface area contributed by atoms with Crippen LogP contribution in [-0.2, 0) is 16.6 Å². The summed E-state index contributed by atoms with van der Waals surface area (Å²) in [6, 6.07) is -0.0355. The number of rotatable bonds is 4. The average molecular weight is 303 g/mol. The monoisotopic (exact) mass is 303 g/mol. The van der Waals surface area contributed by atoms with E-state index in [2.05, 4.69) is 5.10 Å². The Kier molecular flexibility index (Phi) is 4.27. The Balaban J connectivity index is 1.66. The number of nitrogens with zero attached hydrogens (tertiary/aromatic N) is 3. The van der Waals surface area contributed by atoms with Crippen LogP contribution in [-0.4, -0.2) is 45.6 Å². The molecule has 1 fully saturated rings. The maximum absolute atomic E-state index is 12.5. The lowest BCUT2D eigenvalue weighted by atomic mass is 10.0. The van der Waals surface area contributed by atoms with Crippen molar-refractivity contribution in [3.8, 4) is 0 Å². The first kappa shape index (κ1) is 14.8. The van der Waals surface area contributed by atoms with Crippen LogP contribution in [0.1, 0.15) is 42.5 Å². The predicted molar refractivity (Wildman–Crippen MR) is 80.2 cm³/mol. The van der Waals surface area contributed by atoms with Crippen molar-refractivity contribution in [3.05, 3.63) is 29.8 Å². The molecule has 0 unspecified atom stereocenters. The SMILES string of the molecule is Cn1cc(C(=O)C[C@H]2CCCN2C(=O)C2=CCCCO2)cn1. The molecule has 1 aromatic heterocycles. The molecule has 3 heterocycles. The van der Waals surface area contributed by atoms with E-state index in [1.165, 1.54) is 0 Å². The lowest BCUT2D eigenvalue weighted by molar-refractivity contribution is -0.131. The number of ether oxygens (including phenoxy) is 1. The van der Waals surface area contributed by atoms with Crippen molar-refractivity contribution in [1.29, 1.82) is 0 Å². The number of hydrogen-bond acceptors (Lipinski definition) is 4.